The Kier molecular flexibility index (Phi) is 5.44. The summed E-state index contributed by atoms with van der Waals surface area (Å²) < 4.78 is 0. The van der Waals surface area contributed by atoms with Crippen LogP contribution in [-0.2, 0) is 4.79 Å². The monoisotopic (exact) mass is 256 g/mol. The Labute approximate surface area is 109 Å². The third kappa shape index (κ3) is 4.55. The van der Waals surface area contributed by atoms with Crippen LogP contribution in [0.4, 0.5) is 4.79 Å². The van der Waals surface area contributed by atoms with Crippen LogP contribution in [0, 0.1) is 11.8 Å². The van der Waals surface area contributed by atoms with Crippen LogP contribution in [0.2, 0.25) is 0 Å². The molecule has 0 aromatic rings. The fourth-order valence-corrected chi connectivity index (χ4v) is 2.21. The van der Waals surface area contributed by atoms with Gasteiger partial charge in [-0.15, -0.1) is 0 Å². The lowest BCUT2D eigenvalue weighted by Gasteiger charge is -2.35. The number of likely N-dealkylation sites (tertiary alicyclic amines) is 1. The second-order valence-corrected chi connectivity index (χ2v) is 5.62. The molecule has 2 amide bonds. The molecule has 5 nitrogen and oxygen atoms in total. The van der Waals surface area contributed by atoms with Crippen molar-refractivity contribution in [2.75, 3.05) is 26.2 Å². The van der Waals surface area contributed by atoms with Gasteiger partial charge in [0.15, 0.2) is 0 Å². The van der Waals surface area contributed by atoms with E-state index in [1.807, 2.05) is 13.8 Å². The zero-order valence-electron chi connectivity index (χ0n) is 11.6. The summed E-state index contributed by atoms with van der Waals surface area (Å²) in [5, 5.41) is 8.87. The molecule has 1 saturated heterocycles. The summed E-state index contributed by atoms with van der Waals surface area (Å²) >= 11 is 0. The number of rotatable bonds is 4. The van der Waals surface area contributed by atoms with Gasteiger partial charge in [-0.05, 0) is 24.7 Å². The third-order valence-electron chi connectivity index (χ3n) is 3.24. The fraction of sp³-hybridized carbons (Fsp3) is 0.846. The van der Waals surface area contributed by atoms with Gasteiger partial charge in [0.1, 0.15) is 6.54 Å². The smallest absolute Gasteiger partial charge is 0.323 e. The van der Waals surface area contributed by atoms with Crippen LogP contribution >= 0.6 is 0 Å². The number of carboxylic acid groups (broad SMARTS) is 1. The Bertz CT molecular complexity index is 297. The van der Waals surface area contributed by atoms with Crippen molar-refractivity contribution in [1.29, 1.82) is 0 Å². The normalized spacial score (nSPS) is 17.0. The number of hydrogen-bond donors (Lipinski definition) is 1. The minimum atomic E-state index is -0.950. The molecule has 0 aliphatic carbocycles. The first kappa shape index (κ1) is 14.8. The summed E-state index contributed by atoms with van der Waals surface area (Å²) in [6, 6.07) is -0.127. The molecule has 0 saturated carbocycles. The van der Waals surface area contributed by atoms with Gasteiger partial charge in [-0.2, -0.15) is 0 Å². The van der Waals surface area contributed by atoms with Gasteiger partial charge in [0.25, 0.3) is 0 Å². The SMILES string of the molecule is CC(C)CN(CC(=O)O)C(=O)N1CCC(C)CC1. The van der Waals surface area contributed by atoms with Gasteiger partial charge in [-0.3, -0.25) is 4.79 Å². The molecule has 104 valence electrons. The number of urea groups is 1. The first-order valence-electron chi connectivity index (χ1n) is 6.65. The number of aliphatic carboxylic acids is 1. The molecular weight excluding hydrogens is 232 g/mol. The van der Waals surface area contributed by atoms with Crippen LogP contribution < -0.4 is 0 Å². The minimum absolute atomic E-state index is 0.127. The van der Waals surface area contributed by atoms with Gasteiger partial charge < -0.3 is 14.9 Å². The standard InChI is InChI=1S/C13H24N2O3/c1-10(2)8-15(9-12(16)17)13(18)14-6-4-11(3)5-7-14/h10-11H,4-9H2,1-3H3,(H,16,17). The van der Waals surface area contributed by atoms with E-state index in [0.29, 0.717) is 12.5 Å². The molecule has 1 heterocycles. The summed E-state index contributed by atoms with van der Waals surface area (Å²) in [5.41, 5.74) is 0. The Morgan fingerprint density at radius 2 is 1.89 bits per heavy atom. The van der Waals surface area contributed by atoms with Crippen molar-refractivity contribution in [2.45, 2.75) is 33.6 Å². The van der Waals surface area contributed by atoms with E-state index in [4.69, 9.17) is 5.11 Å². The molecular formula is C13H24N2O3. The van der Waals surface area contributed by atoms with Crippen LogP contribution in [0.25, 0.3) is 0 Å². The van der Waals surface area contributed by atoms with Gasteiger partial charge in [0, 0.05) is 19.6 Å². The molecule has 1 N–H and O–H groups in total. The molecule has 0 aromatic carbocycles. The zero-order valence-corrected chi connectivity index (χ0v) is 11.6. The number of carbonyl (C=O) groups excluding carboxylic acids is 1. The molecule has 1 rings (SSSR count). The maximum Gasteiger partial charge on any atom is 0.323 e. The highest BCUT2D eigenvalue weighted by molar-refractivity contribution is 5.80. The number of nitrogens with zero attached hydrogens (tertiary/aromatic N) is 2. The topological polar surface area (TPSA) is 60.9 Å². The van der Waals surface area contributed by atoms with Gasteiger partial charge in [0.05, 0.1) is 0 Å². The first-order valence-corrected chi connectivity index (χ1v) is 6.65. The predicted octanol–water partition coefficient (Wildman–Crippen LogP) is 1.88. The first-order chi connectivity index (χ1) is 8.40. The third-order valence-corrected chi connectivity index (χ3v) is 3.24. The molecule has 5 heteroatoms. The lowest BCUT2D eigenvalue weighted by molar-refractivity contribution is -0.137. The summed E-state index contributed by atoms with van der Waals surface area (Å²) in [6.45, 7) is 7.94. The molecule has 18 heavy (non-hydrogen) atoms. The highest BCUT2D eigenvalue weighted by Crippen LogP contribution is 2.17. The summed E-state index contributed by atoms with van der Waals surface area (Å²) in [6.07, 6.45) is 2.02. The molecule has 0 bridgehead atoms. The van der Waals surface area contributed by atoms with E-state index in [1.54, 1.807) is 4.90 Å². The van der Waals surface area contributed by atoms with E-state index >= 15 is 0 Å². The second-order valence-electron chi connectivity index (χ2n) is 5.62. The molecule has 0 aromatic heterocycles. The number of piperidine rings is 1. The van der Waals surface area contributed by atoms with Crippen molar-refractivity contribution in [3.63, 3.8) is 0 Å². The Morgan fingerprint density at radius 1 is 1.33 bits per heavy atom. The molecule has 1 fully saturated rings. The van der Waals surface area contributed by atoms with Crippen molar-refractivity contribution >= 4 is 12.0 Å². The number of carboxylic acids is 1. The van der Waals surface area contributed by atoms with E-state index in [-0.39, 0.29) is 18.5 Å². The molecule has 0 atom stereocenters. The van der Waals surface area contributed by atoms with Crippen molar-refractivity contribution in [3.8, 4) is 0 Å². The highest BCUT2D eigenvalue weighted by atomic mass is 16.4. The quantitative estimate of drug-likeness (QED) is 0.835. The van der Waals surface area contributed by atoms with Crippen molar-refractivity contribution in [1.82, 2.24) is 9.80 Å². The summed E-state index contributed by atoms with van der Waals surface area (Å²) in [4.78, 5) is 26.3. The van der Waals surface area contributed by atoms with Crippen LogP contribution in [0.5, 0.6) is 0 Å². The Balaban J connectivity index is 2.60. The highest BCUT2D eigenvalue weighted by Gasteiger charge is 2.26. The maximum absolute atomic E-state index is 12.3. The van der Waals surface area contributed by atoms with Crippen LogP contribution in [0.15, 0.2) is 0 Å². The predicted molar refractivity (Wildman–Crippen MR) is 69.4 cm³/mol. The van der Waals surface area contributed by atoms with Crippen LogP contribution in [0.3, 0.4) is 0 Å². The second kappa shape index (κ2) is 6.61. The lowest BCUT2D eigenvalue weighted by Crippen LogP contribution is -2.49. The van der Waals surface area contributed by atoms with E-state index in [2.05, 4.69) is 6.92 Å². The van der Waals surface area contributed by atoms with Crippen molar-refractivity contribution in [2.24, 2.45) is 11.8 Å². The lowest BCUT2D eigenvalue weighted by atomic mass is 9.99. The Hall–Kier alpha value is -1.26. The largest absolute Gasteiger partial charge is 0.480 e. The number of hydrogen-bond acceptors (Lipinski definition) is 2. The maximum atomic E-state index is 12.3. The van der Waals surface area contributed by atoms with E-state index in [1.165, 1.54) is 4.90 Å². The summed E-state index contributed by atoms with van der Waals surface area (Å²) in [7, 11) is 0. The zero-order chi connectivity index (χ0) is 13.7. The molecule has 0 spiro atoms. The fourth-order valence-electron chi connectivity index (χ4n) is 2.21. The van der Waals surface area contributed by atoms with Gasteiger partial charge in [-0.1, -0.05) is 20.8 Å². The van der Waals surface area contributed by atoms with Crippen molar-refractivity contribution < 1.29 is 14.7 Å². The van der Waals surface area contributed by atoms with E-state index < -0.39 is 5.97 Å². The average Bonchev–Trinajstić information content (AvgIpc) is 2.27. The van der Waals surface area contributed by atoms with E-state index in [9.17, 15) is 9.59 Å². The van der Waals surface area contributed by atoms with Gasteiger partial charge in [0.2, 0.25) is 0 Å². The molecule has 1 aliphatic heterocycles. The van der Waals surface area contributed by atoms with Crippen molar-refractivity contribution in [3.05, 3.63) is 0 Å². The molecule has 1 aliphatic rings. The Morgan fingerprint density at radius 3 is 2.33 bits per heavy atom. The molecule has 0 radical (unpaired) electrons. The van der Waals surface area contributed by atoms with Crippen LogP contribution in [0.1, 0.15) is 33.6 Å². The van der Waals surface area contributed by atoms with E-state index in [0.717, 1.165) is 25.9 Å². The minimum Gasteiger partial charge on any atom is -0.480 e. The average molecular weight is 256 g/mol. The number of amides is 2. The number of carbonyl (C=O) groups is 2. The van der Waals surface area contributed by atoms with Gasteiger partial charge in [-0.25, -0.2) is 4.79 Å². The molecule has 0 unspecified atom stereocenters. The summed E-state index contributed by atoms with van der Waals surface area (Å²) in [5.74, 6) is -0.0153. The van der Waals surface area contributed by atoms with Gasteiger partial charge >= 0.3 is 12.0 Å². The van der Waals surface area contributed by atoms with Crippen LogP contribution in [-0.4, -0.2) is 53.1 Å².